The van der Waals surface area contributed by atoms with Gasteiger partial charge in [-0.2, -0.15) is 0 Å². The second-order valence-electron chi connectivity index (χ2n) is 7.67. The summed E-state index contributed by atoms with van der Waals surface area (Å²) in [5, 5.41) is 6.04. The maximum Gasteiger partial charge on any atom is 0.279 e. The van der Waals surface area contributed by atoms with Crippen LogP contribution in [0.2, 0.25) is 0 Å². The molecule has 1 aromatic rings. The molecular weight excluding hydrogens is 314 g/mol. The molecule has 138 valence electrons. The van der Waals surface area contributed by atoms with Crippen LogP contribution in [-0.4, -0.2) is 38.0 Å². The van der Waals surface area contributed by atoms with Gasteiger partial charge < -0.3 is 15.5 Å². The van der Waals surface area contributed by atoms with E-state index in [-0.39, 0.29) is 24.4 Å². The number of rotatable bonds is 6. The van der Waals surface area contributed by atoms with Crippen molar-refractivity contribution in [3.8, 4) is 0 Å². The van der Waals surface area contributed by atoms with E-state index in [1.54, 1.807) is 0 Å². The van der Waals surface area contributed by atoms with Gasteiger partial charge in [0.1, 0.15) is 0 Å². The average Bonchev–Trinajstić information content (AvgIpc) is 2.53. The number of hydrogen-bond donors (Lipinski definition) is 3. The van der Waals surface area contributed by atoms with Gasteiger partial charge in [-0.3, -0.25) is 9.59 Å². The lowest BCUT2D eigenvalue weighted by molar-refractivity contribution is -0.862. The first-order chi connectivity index (χ1) is 11.8. The molecule has 3 N–H and O–H groups in total. The van der Waals surface area contributed by atoms with E-state index in [1.807, 2.05) is 38.2 Å². The summed E-state index contributed by atoms with van der Waals surface area (Å²) in [6, 6.07) is 7.98. The van der Waals surface area contributed by atoms with E-state index in [2.05, 4.69) is 24.5 Å². The summed E-state index contributed by atoms with van der Waals surface area (Å²) in [5.41, 5.74) is 1.95. The van der Waals surface area contributed by atoms with Gasteiger partial charge in [-0.25, -0.2) is 0 Å². The van der Waals surface area contributed by atoms with Gasteiger partial charge in [0, 0.05) is 11.7 Å². The molecule has 0 aliphatic heterocycles. The molecular formula is C20H32N3O2+. The Kier molecular flexibility index (Phi) is 7.00. The molecule has 1 aliphatic rings. The Morgan fingerprint density at radius 1 is 1.08 bits per heavy atom. The average molecular weight is 346 g/mol. The minimum atomic E-state index is -0.0752. The third kappa shape index (κ3) is 6.16. The van der Waals surface area contributed by atoms with Crippen molar-refractivity contribution >= 4 is 17.5 Å². The molecule has 1 unspecified atom stereocenters. The maximum atomic E-state index is 12.3. The molecule has 0 spiro atoms. The first kappa shape index (κ1) is 19.4. The van der Waals surface area contributed by atoms with Gasteiger partial charge in [0.2, 0.25) is 0 Å². The van der Waals surface area contributed by atoms with Crippen LogP contribution in [0.5, 0.6) is 0 Å². The van der Waals surface area contributed by atoms with Gasteiger partial charge >= 0.3 is 0 Å². The van der Waals surface area contributed by atoms with Crippen LogP contribution < -0.4 is 15.5 Å². The van der Waals surface area contributed by atoms with Crippen LogP contribution in [0.1, 0.15) is 38.7 Å². The number of nitrogens with one attached hydrogen (secondary N) is 3. The Morgan fingerprint density at radius 3 is 2.40 bits per heavy atom. The van der Waals surface area contributed by atoms with Crippen molar-refractivity contribution in [1.82, 2.24) is 5.32 Å². The number of quaternary nitrogens is 1. The van der Waals surface area contributed by atoms with Gasteiger partial charge in [-0.1, -0.05) is 44.4 Å². The quantitative estimate of drug-likeness (QED) is 0.729. The standard InChI is InChI=1S/C20H31N3O2/c1-14-8-10-17(11-9-14)21-19(24)12-23(4)13-20(25)22-18-7-5-6-15(2)16(18)3/h8-11,15-16,18H,5-7,12-13H2,1-4H3,(H,21,24)(H,22,25)/p+1/t15-,16+,18-/m0/s1. The predicted molar refractivity (Wildman–Crippen MR) is 101 cm³/mol. The van der Waals surface area contributed by atoms with Crippen molar-refractivity contribution in [3.63, 3.8) is 0 Å². The van der Waals surface area contributed by atoms with Crippen LogP contribution in [0.4, 0.5) is 5.69 Å². The number of hydrogen-bond acceptors (Lipinski definition) is 2. The number of likely N-dealkylation sites (N-methyl/N-ethyl adjacent to an activating group) is 1. The van der Waals surface area contributed by atoms with Crippen LogP contribution in [0, 0.1) is 18.8 Å². The summed E-state index contributed by atoms with van der Waals surface area (Å²) in [6.45, 7) is 7.09. The first-order valence-electron chi connectivity index (χ1n) is 9.32. The summed E-state index contributed by atoms with van der Waals surface area (Å²) in [5.74, 6) is 1.13. The molecule has 2 amide bonds. The fraction of sp³-hybridized carbons (Fsp3) is 0.600. The topological polar surface area (TPSA) is 62.6 Å². The summed E-state index contributed by atoms with van der Waals surface area (Å²) < 4.78 is 0. The fourth-order valence-electron chi connectivity index (χ4n) is 3.50. The van der Waals surface area contributed by atoms with E-state index in [4.69, 9.17) is 0 Å². The van der Waals surface area contributed by atoms with Crippen LogP contribution >= 0.6 is 0 Å². The molecule has 0 saturated heterocycles. The van der Waals surface area contributed by atoms with Gasteiger partial charge in [0.05, 0.1) is 7.05 Å². The highest BCUT2D eigenvalue weighted by molar-refractivity contribution is 5.91. The maximum absolute atomic E-state index is 12.3. The molecule has 0 radical (unpaired) electrons. The zero-order chi connectivity index (χ0) is 18.4. The third-order valence-electron chi connectivity index (χ3n) is 5.31. The highest BCUT2D eigenvalue weighted by atomic mass is 16.2. The van der Waals surface area contributed by atoms with Gasteiger partial charge in [0.25, 0.3) is 11.8 Å². The van der Waals surface area contributed by atoms with E-state index in [0.717, 1.165) is 22.6 Å². The van der Waals surface area contributed by atoms with Crippen LogP contribution in [0.3, 0.4) is 0 Å². The molecule has 0 bridgehead atoms. The number of benzene rings is 1. The Hall–Kier alpha value is -1.88. The summed E-state index contributed by atoms with van der Waals surface area (Å²) >= 11 is 0. The lowest BCUT2D eigenvalue weighted by Gasteiger charge is -2.34. The van der Waals surface area contributed by atoms with Crippen LogP contribution in [-0.2, 0) is 9.59 Å². The summed E-state index contributed by atoms with van der Waals surface area (Å²) in [6.07, 6.45) is 3.49. The molecule has 1 aromatic carbocycles. The number of amides is 2. The Bertz CT molecular complexity index is 585. The Balaban J connectivity index is 1.75. The van der Waals surface area contributed by atoms with E-state index in [0.29, 0.717) is 18.4 Å². The predicted octanol–water partition coefficient (Wildman–Crippen LogP) is 1.39. The zero-order valence-corrected chi connectivity index (χ0v) is 15.9. The second-order valence-corrected chi connectivity index (χ2v) is 7.67. The molecule has 0 heterocycles. The number of carbonyl (C=O) groups is 2. The van der Waals surface area contributed by atoms with Crippen molar-refractivity contribution < 1.29 is 14.5 Å². The first-order valence-corrected chi connectivity index (χ1v) is 9.32. The summed E-state index contributed by atoms with van der Waals surface area (Å²) in [4.78, 5) is 25.3. The molecule has 0 aromatic heterocycles. The summed E-state index contributed by atoms with van der Waals surface area (Å²) in [7, 11) is 1.88. The largest absolute Gasteiger partial charge is 0.348 e. The molecule has 1 saturated carbocycles. The van der Waals surface area contributed by atoms with E-state index < -0.39 is 0 Å². The van der Waals surface area contributed by atoms with Crippen molar-refractivity contribution in [2.75, 3.05) is 25.5 Å². The monoisotopic (exact) mass is 346 g/mol. The van der Waals surface area contributed by atoms with Crippen molar-refractivity contribution in [3.05, 3.63) is 29.8 Å². The second kappa shape index (κ2) is 8.99. The van der Waals surface area contributed by atoms with Gasteiger partial charge in [-0.15, -0.1) is 0 Å². The molecule has 25 heavy (non-hydrogen) atoms. The van der Waals surface area contributed by atoms with Gasteiger partial charge in [0.15, 0.2) is 13.1 Å². The molecule has 4 atom stereocenters. The zero-order valence-electron chi connectivity index (χ0n) is 15.9. The highest BCUT2D eigenvalue weighted by Gasteiger charge is 2.28. The van der Waals surface area contributed by atoms with Crippen molar-refractivity contribution in [2.24, 2.45) is 11.8 Å². The number of carbonyl (C=O) groups excluding carboxylic acids is 2. The van der Waals surface area contributed by atoms with Crippen molar-refractivity contribution in [2.45, 2.75) is 46.1 Å². The van der Waals surface area contributed by atoms with Crippen LogP contribution in [0.25, 0.3) is 0 Å². The van der Waals surface area contributed by atoms with Crippen LogP contribution in [0.15, 0.2) is 24.3 Å². The molecule has 2 rings (SSSR count). The number of aryl methyl sites for hydroxylation is 1. The lowest BCUT2D eigenvalue weighted by atomic mass is 9.78. The smallest absolute Gasteiger partial charge is 0.279 e. The minimum Gasteiger partial charge on any atom is -0.348 e. The van der Waals surface area contributed by atoms with E-state index in [1.165, 1.54) is 12.8 Å². The minimum absolute atomic E-state index is 0.0339. The molecule has 1 fully saturated rings. The normalized spacial score (nSPS) is 24.4. The number of anilines is 1. The van der Waals surface area contributed by atoms with E-state index >= 15 is 0 Å². The third-order valence-corrected chi connectivity index (χ3v) is 5.31. The SMILES string of the molecule is Cc1ccc(NC(=O)C[NH+](C)CC(=O)N[C@H]2CCC[C@H](C)[C@H]2C)cc1. The lowest BCUT2D eigenvalue weighted by Crippen LogP contribution is -3.11. The van der Waals surface area contributed by atoms with Crippen molar-refractivity contribution in [1.29, 1.82) is 0 Å². The fourth-order valence-corrected chi connectivity index (χ4v) is 3.50. The van der Waals surface area contributed by atoms with Gasteiger partial charge in [-0.05, 0) is 37.3 Å². The molecule has 5 heteroatoms. The molecule has 5 nitrogen and oxygen atoms in total. The highest BCUT2D eigenvalue weighted by Crippen LogP contribution is 2.29. The Morgan fingerprint density at radius 2 is 1.72 bits per heavy atom. The molecule has 1 aliphatic carbocycles. The van der Waals surface area contributed by atoms with E-state index in [9.17, 15) is 9.59 Å². The Labute approximate surface area is 151 Å².